The van der Waals surface area contributed by atoms with Gasteiger partial charge in [-0.1, -0.05) is 0 Å². The zero-order valence-corrected chi connectivity index (χ0v) is 13.0. The average molecular weight is 313 g/mol. The molecular weight excluding hydrogens is 294 g/mol. The average Bonchev–Trinajstić information content (AvgIpc) is 3.39. The van der Waals surface area contributed by atoms with Crippen molar-refractivity contribution in [3.63, 3.8) is 0 Å². The van der Waals surface area contributed by atoms with E-state index in [4.69, 9.17) is 14.2 Å². The molecule has 0 aliphatic carbocycles. The molecule has 1 fully saturated rings. The molecule has 0 bridgehead atoms. The number of carbonyl (C=O) groups excluding carboxylic acids is 1. The highest BCUT2D eigenvalue weighted by Gasteiger charge is 2.22. The van der Waals surface area contributed by atoms with E-state index in [1.807, 2.05) is 31.2 Å². The Bertz CT molecular complexity index is 648. The molecule has 120 valence electrons. The largest absolute Gasteiger partial charge is 0.494 e. The van der Waals surface area contributed by atoms with Gasteiger partial charge in [0.05, 0.1) is 13.2 Å². The van der Waals surface area contributed by atoms with Crippen molar-refractivity contribution in [2.45, 2.75) is 13.0 Å². The zero-order valence-electron chi connectivity index (χ0n) is 13.0. The highest BCUT2D eigenvalue weighted by atomic mass is 16.6. The number of rotatable bonds is 7. The summed E-state index contributed by atoms with van der Waals surface area (Å²) in [5.74, 6) is 1.36. The Labute approximate surface area is 135 Å². The van der Waals surface area contributed by atoms with Crippen molar-refractivity contribution in [3.8, 4) is 11.5 Å². The molecule has 5 nitrogen and oxygen atoms in total. The Kier molecular flexibility index (Phi) is 4.78. The third kappa shape index (κ3) is 4.47. The van der Waals surface area contributed by atoms with E-state index < -0.39 is 0 Å². The normalized spacial score (nSPS) is 15.8. The maximum Gasteiger partial charge on any atom is 0.255 e. The fraction of sp³-hybridized carbons (Fsp3) is 0.278. The first-order valence-electron chi connectivity index (χ1n) is 7.63. The first kappa shape index (κ1) is 15.4. The molecule has 1 N–H and O–H groups in total. The van der Waals surface area contributed by atoms with Crippen LogP contribution in [-0.2, 0) is 4.74 Å². The molecule has 2 aromatic rings. The van der Waals surface area contributed by atoms with Gasteiger partial charge in [-0.2, -0.15) is 0 Å². The van der Waals surface area contributed by atoms with Crippen LogP contribution in [-0.4, -0.2) is 31.8 Å². The Morgan fingerprint density at radius 1 is 1.09 bits per heavy atom. The molecule has 1 heterocycles. The van der Waals surface area contributed by atoms with Gasteiger partial charge in [0.25, 0.3) is 5.91 Å². The number of anilines is 1. The van der Waals surface area contributed by atoms with Crippen LogP contribution < -0.4 is 14.8 Å². The van der Waals surface area contributed by atoms with Crippen molar-refractivity contribution in [2.24, 2.45) is 0 Å². The molecule has 0 saturated carbocycles. The van der Waals surface area contributed by atoms with Gasteiger partial charge in [-0.05, 0) is 55.5 Å². The number of hydrogen-bond donors (Lipinski definition) is 1. The smallest absolute Gasteiger partial charge is 0.255 e. The minimum atomic E-state index is -0.159. The number of carbonyl (C=O) groups is 1. The Balaban J connectivity index is 1.55. The van der Waals surface area contributed by atoms with Gasteiger partial charge >= 0.3 is 0 Å². The molecule has 0 aromatic heterocycles. The van der Waals surface area contributed by atoms with Crippen LogP contribution in [0, 0.1) is 0 Å². The molecule has 0 spiro atoms. The monoisotopic (exact) mass is 313 g/mol. The molecule has 23 heavy (non-hydrogen) atoms. The third-order valence-electron chi connectivity index (χ3n) is 3.38. The molecule has 1 aliphatic heterocycles. The summed E-state index contributed by atoms with van der Waals surface area (Å²) in [6.07, 6.45) is 0.231. The van der Waals surface area contributed by atoms with Crippen LogP contribution in [0.5, 0.6) is 11.5 Å². The number of benzene rings is 2. The molecule has 1 aliphatic rings. The topological polar surface area (TPSA) is 60.1 Å². The molecule has 2 aromatic carbocycles. The first-order valence-corrected chi connectivity index (χ1v) is 7.63. The summed E-state index contributed by atoms with van der Waals surface area (Å²) in [5.41, 5.74) is 1.30. The molecule has 1 amide bonds. The van der Waals surface area contributed by atoms with E-state index in [1.165, 1.54) is 0 Å². The number of nitrogens with one attached hydrogen (secondary N) is 1. The maximum absolute atomic E-state index is 12.2. The van der Waals surface area contributed by atoms with E-state index >= 15 is 0 Å². The van der Waals surface area contributed by atoms with Gasteiger partial charge < -0.3 is 19.5 Å². The molecule has 5 heteroatoms. The second kappa shape index (κ2) is 7.15. The van der Waals surface area contributed by atoms with E-state index in [0.717, 1.165) is 23.8 Å². The minimum Gasteiger partial charge on any atom is -0.494 e. The summed E-state index contributed by atoms with van der Waals surface area (Å²) >= 11 is 0. The van der Waals surface area contributed by atoms with Crippen molar-refractivity contribution in [2.75, 3.05) is 25.1 Å². The van der Waals surface area contributed by atoms with Crippen LogP contribution in [0.1, 0.15) is 17.3 Å². The van der Waals surface area contributed by atoms with Gasteiger partial charge in [-0.15, -0.1) is 0 Å². The van der Waals surface area contributed by atoms with Crippen molar-refractivity contribution < 1.29 is 19.0 Å². The second-order valence-electron chi connectivity index (χ2n) is 5.20. The second-order valence-corrected chi connectivity index (χ2v) is 5.20. The van der Waals surface area contributed by atoms with Crippen molar-refractivity contribution in [1.82, 2.24) is 0 Å². The molecule has 1 atom stereocenters. The number of ether oxygens (including phenoxy) is 3. The van der Waals surface area contributed by atoms with Gasteiger partial charge in [0.15, 0.2) is 0 Å². The van der Waals surface area contributed by atoms with Gasteiger partial charge in [0.1, 0.15) is 24.2 Å². The standard InChI is InChI=1S/C18H19NO4/c1-2-21-15-7-3-13(4-8-15)18(20)19-14-5-9-16(10-6-14)22-11-17-12-23-17/h3-10,17H,2,11-12H2,1H3,(H,19,20). The maximum atomic E-state index is 12.2. The molecule has 3 rings (SSSR count). The van der Waals surface area contributed by atoms with Crippen molar-refractivity contribution in [1.29, 1.82) is 0 Å². The van der Waals surface area contributed by atoms with E-state index in [-0.39, 0.29) is 12.0 Å². The summed E-state index contributed by atoms with van der Waals surface area (Å²) in [5, 5.41) is 2.85. The number of epoxide rings is 1. The van der Waals surface area contributed by atoms with Crippen molar-refractivity contribution >= 4 is 11.6 Å². The predicted molar refractivity (Wildman–Crippen MR) is 87.2 cm³/mol. The van der Waals surface area contributed by atoms with Crippen LogP contribution in [0.3, 0.4) is 0 Å². The Morgan fingerprint density at radius 2 is 1.70 bits per heavy atom. The highest BCUT2D eigenvalue weighted by molar-refractivity contribution is 6.04. The lowest BCUT2D eigenvalue weighted by molar-refractivity contribution is 0.102. The van der Waals surface area contributed by atoms with Crippen LogP contribution in [0.25, 0.3) is 0 Å². The van der Waals surface area contributed by atoms with Gasteiger partial charge in [0.2, 0.25) is 0 Å². The Hall–Kier alpha value is -2.53. The van der Waals surface area contributed by atoms with E-state index in [9.17, 15) is 4.79 Å². The number of amides is 1. The quantitative estimate of drug-likeness (QED) is 0.798. The first-order chi connectivity index (χ1) is 11.2. The van der Waals surface area contributed by atoms with Crippen LogP contribution in [0.2, 0.25) is 0 Å². The van der Waals surface area contributed by atoms with E-state index in [2.05, 4.69) is 5.32 Å². The summed E-state index contributed by atoms with van der Waals surface area (Å²) in [6, 6.07) is 14.4. The fourth-order valence-corrected chi connectivity index (χ4v) is 2.06. The lowest BCUT2D eigenvalue weighted by Gasteiger charge is -2.08. The van der Waals surface area contributed by atoms with Gasteiger partial charge in [-0.25, -0.2) is 0 Å². The molecule has 0 radical (unpaired) electrons. The Morgan fingerprint density at radius 3 is 2.30 bits per heavy atom. The fourth-order valence-electron chi connectivity index (χ4n) is 2.06. The van der Waals surface area contributed by atoms with Gasteiger partial charge in [0, 0.05) is 11.3 Å². The minimum absolute atomic E-state index is 0.159. The van der Waals surface area contributed by atoms with Crippen LogP contribution in [0.15, 0.2) is 48.5 Å². The zero-order chi connectivity index (χ0) is 16.1. The van der Waals surface area contributed by atoms with E-state index in [1.54, 1.807) is 24.3 Å². The van der Waals surface area contributed by atoms with Crippen LogP contribution in [0.4, 0.5) is 5.69 Å². The SMILES string of the molecule is CCOc1ccc(C(=O)Nc2ccc(OCC3CO3)cc2)cc1. The summed E-state index contributed by atoms with van der Waals surface area (Å²) in [6.45, 7) is 3.87. The van der Waals surface area contributed by atoms with Crippen molar-refractivity contribution in [3.05, 3.63) is 54.1 Å². The summed E-state index contributed by atoms with van der Waals surface area (Å²) < 4.78 is 16.0. The highest BCUT2D eigenvalue weighted by Crippen LogP contribution is 2.19. The van der Waals surface area contributed by atoms with Crippen LogP contribution >= 0.6 is 0 Å². The summed E-state index contributed by atoms with van der Waals surface area (Å²) in [4.78, 5) is 12.2. The molecule has 1 unspecified atom stereocenters. The van der Waals surface area contributed by atoms with E-state index in [0.29, 0.717) is 18.8 Å². The third-order valence-corrected chi connectivity index (χ3v) is 3.38. The lowest BCUT2D eigenvalue weighted by atomic mass is 10.2. The summed E-state index contributed by atoms with van der Waals surface area (Å²) in [7, 11) is 0. The molecular formula is C18H19NO4. The number of hydrogen-bond acceptors (Lipinski definition) is 4. The lowest BCUT2D eigenvalue weighted by Crippen LogP contribution is -2.11. The van der Waals surface area contributed by atoms with Gasteiger partial charge in [-0.3, -0.25) is 4.79 Å². The predicted octanol–water partition coefficient (Wildman–Crippen LogP) is 3.12. The molecule has 1 saturated heterocycles.